The maximum Gasteiger partial charge on any atom is 0.287 e. The highest BCUT2D eigenvalue weighted by Crippen LogP contribution is 2.44. The van der Waals surface area contributed by atoms with E-state index in [2.05, 4.69) is 92.2 Å². The summed E-state index contributed by atoms with van der Waals surface area (Å²) in [7, 11) is 2.11. The molecule has 3 heterocycles. The number of fused-ring (bicyclic) bond motifs is 6. The predicted octanol–water partition coefficient (Wildman–Crippen LogP) is 5.82. The van der Waals surface area contributed by atoms with E-state index >= 15 is 0 Å². The Labute approximate surface area is 169 Å². The van der Waals surface area contributed by atoms with Crippen molar-refractivity contribution in [2.45, 2.75) is 33.1 Å². The lowest BCUT2D eigenvalue weighted by molar-refractivity contribution is -0.646. The van der Waals surface area contributed by atoms with E-state index in [1.807, 2.05) is 6.33 Å². The second kappa shape index (κ2) is 5.24. The van der Waals surface area contributed by atoms with Crippen LogP contribution < -0.4 is 4.57 Å². The van der Waals surface area contributed by atoms with Crippen LogP contribution in [0.5, 0.6) is 0 Å². The van der Waals surface area contributed by atoms with Gasteiger partial charge in [0, 0.05) is 16.2 Å². The van der Waals surface area contributed by atoms with Crippen molar-refractivity contribution in [3.05, 3.63) is 66.0 Å². The molecule has 0 aliphatic carbocycles. The van der Waals surface area contributed by atoms with Crippen molar-refractivity contribution in [2.24, 2.45) is 7.05 Å². The molecule has 0 N–H and O–H groups in total. The lowest BCUT2D eigenvalue weighted by Crippen LogP contribution is -2.30. The van der Waals surface area contributed by atoms with Gasteiger partial charge in [-0.15, -0.1) is 0 Å². The van der Waals surface area contributed by atoms with Gasteiger partial charge in [-0.2, -0.15) is 0 Å². The normalized spacial score (nSPS) is 13.0. The van der Waals surface area contributed by atoms with E-state index in [1.54, 1.807) is 0 Å². The minimum Gasteiger partial charge on any atom is -0.308 e. The molecule has 0 aliphatic rings. The zero-order chi connectivity index (χ0) is 20.1. The van der Waals surface area contributed by atoms with Gasteiger partial charge in [0.05, 0.1) is 29.0 Å². The summed E-state index contributed by atoms with van der Waals surface area (Å²) < 4.78 is 4.66. The fourth-order valence-corrected chi connectivity index (χ4v) is 5.16. The van der Waals surface area contributed by atoms with Crippen LogP contribution in [0.4, 0.5) is 0 Å². The van der Waals surface area contributed by atoms with E-state index < -0.39 is 0 Å². The van der Waals surface area contributed by atoms with E-state index in [0.717, 1.165) is 5.52 Å². The minimum atomic E-state index is 0.0237. The lowest BCUT2D eigenvalue weighted by Gasteiger charge is -2.21. The molecule has 0 amide bonds. The molecule has 6 rings (SSSR count). The van der Waals surface area contributed by atoms with Gasteiger partial charge < -0.3 is 4.40 Å². The predicted molar refractivity (Wildman–Crippen MR) is 121 cm³/mol. The van der Waals surface area contributed by atoms with Crippen LogP contribution in [-0.2, 0) is 12.5 Å². The van der Waals surface area contributed by atoms with E-state index in [4.69, 9.17) is 4.98 Å². The van der Waals surface area contributed by atoms with E-state index in [-0.39, 0.29) is 5.41 Å². The first-order chi connectivity index (χ1) is 13.9. The molecular formula is C26H24N3+. The molecule has 0 unspecified atom stereocenters. The average Bonchev–Trinajstić information content (AvgIpc) is 3.03. The number of nitrogens with zero attached hydrogens (tertiary/aromatic N) is 3. The number of pyridine rings is 1. The first-order valence-corrected chi connectivity index (χ1v) is 10.2. The third-order valence-electron chi connectivity index (χ3n) is 6.41. The van der Waals surface area contributed by atoms with Crippen LogP contribution in [0.15, 0.2) is 54.9 Å². The molecule has 3 aromatic carbocycles. The van der Waals surface area contributed by atoms with E-state index in [9.17, 15) is 0 Å². The third kappa shape index (κ3) is 1.97. The first-order valence-electron chi connectivity index (χ1n) is 10.2. The summed E-state index contributed by atoms with van der Waals surface area (Å²) >= 11 is 0. The largest absolute Gasteiger partial charge is 0.308 e. The Hall–Kier alpha value is -3.20. The number of para-hydroxylation sites is 1. The van der Waals surface area contributed by atoms with E-state index in [1.165, 1.54) is 54.7 Å². The fourth-order valence-electron chi connectivity index (χ4n) is 5.16. The summed E-state index contributed by atoms with van der Waals surface area (Å²) in [5, 5.41) is 5.25. The van der Waals surface area contributed by atoms with Gasteiger partial charge in [-0.05, 0) is 46.6 Å². The number of benzene rings is 3. The SMILES string of the molecule is Cc1cccc2c1c1c3c(cc(C(C)(C)C)c4c5ccccc5n2c43)nc[n+]1C. The van der Waals surface area contributed by atoms with Crippen molar-refractivity contribution in [3.8, 4) is 0 Å². The molecule has 0 bridgehead atoms. The summed E-state index contributed by atoms with van der Waals surface area (Å²) in [6.45, 7) is 9.11. The van der Waals surface area contributed by atoms with Gasteiger partial charge in [-0.3, -0.25) is 0 Å². The zero-order valence-corrected chi connectivity index (χ0v) is 17.5. The molecule has 0 fully saturated rings. The van der Waals surface area contributed by atoms with Crippen LogP contribution in [-0.4, -0.2) is 9.38 Å². The molecular weight excluding hydrogens is 354 g/mol. The second-order valence-corrected chi connectivity index (χ2v) is 9.32. The number of rotatable bonds is 0. The fraction of sp³-hybridized carbons (Fsp3) is 0.231. The lowest BCUT2D eigenvalue weighted by atomic mass is 9.83. The molecule has 3 aromatic heterocycles. The van der Waals surface area contributed by atoms with Crippen molar-refractivity contribution in [1.82, 2.24) is 9.38 Å². The van der Waals surface area contributed by atoms with Crippen LogP contribution in [0.1, 0.15) is 31.9 Å². The molecule has 3 nitrogen and oxygen atoms in total. The van der Waals surface area contributed by atoms with Crippen molar-refractivity contribution < 1.29 is 4.57 Å². The highest BCUT2D eigenvalue weighted by molar-refractivity contribution is 6.27. The highest BCUT2D eigenvalue weighted by Gasteiger charge is 2.29. The average molecular weight is 378 g/mol. The molecule has 3 heteroatoms. The Morgan fingerprint density at radius 2 is 1.66 bits per heavy atom. The smallest absolute Gasteiger partial charge is 0.287 e. The summed E-state index contributed by atoms with van der Waals surface area (Å²) in [6, 6.07) is 17.8. The quantitative estimate of drug-likeness (QED) is 0.185. The number of aromatic nitrogens is 3. The van der Waals surface area contributed by atoms with Crippen LogP contribution >= 0.6 is 0 Å². The van der Waals surface area contributed by atoms with Crippen molar-refractivity contribution in [1.29, 1.82) is 0 Å². The molecule has 0 saturated carbocycles. The van der Waals surface area contributed by atoms with Gasteiger partial charge in [0.15, 0.2) is 5.52 Å². The maximum atomic E-state index is 4.86. The summed E-state index contributed by atoms with van der Waals surface area (Å²) in [4.78, 5) is 4.86. The van der Waals surface area contributed by atoms with Gasteiger partial charge >= 0.3 is 0 Å². The van der Waals surface area contributed by atoms with Crippen LogP contribution in [0.2, 0.25) is 0 Å². The van der Waals surface area contributed by atoms with E-state index in [0.29, 0.717) is 0 Å². The van der Waals surface area contributed by atoms with Gasteiger partial charge in [0.2, 0.25) is 0 Å². The maximum absolute atomic E-state index is 4.86. The van der Waals surface area contributed by atoms with Crippen molar-refractivity contribution >= 4 is 49.1 Å². The summed E-state index contributed by atoms with van der Waals surface area (Å²) in [5.41, 5.74) is 8.85. The molecule has 0 saturated heterocycles. The Bertz CT molecular complexity index is 1600. The Balaban J connectivity index is 2.13. The van der Waals surface area contributed by atoms with Crippen molar-refractivity contribution in [3.63, 3.8) is 0 Å². The number of hydrogen-bond donors (Lipinski definition) is 0. The monoisotopic (exact) mass is 378 g/mol. The minimum absolute atomic E-state index is 0.0237. The van der Waals surface area contributed by atoms with Crippen LogP contribution in [0.3, 0.4) is 0 Å². The Kier molecular flexibility index (Phi) is 3.02. The zero-order valence-electron chi connectivity index (χ0n) is 17.5. The molecule has 142 valence electrons. The standard InChI is InChI=1S/C26H24N3/c1-15-9-8-12-20-21(15)24-23-18(27-14-28(24)5)13-17(26(2,3)4)22-16-10-6-7-11-19(16)29(20)25(22)23/h6-14H,1-5H3/q+1. The second-order valence-electron chi connectivity index (χ2n) is 9.32. The molecule has 0 atom stereocenters. The van der Waals surface area contributed by atoms with Gasteiger partial charge in [-0.1, -0.05) is 51.1 Å². The number of hydrogen-bond acceptors (Lipinski definition) is 1. The summed E-state index contributed by atoms with van der Waals surface area (Å²) in [5.74, 6) is 0. The Morgan fingerprint density at radius 3 is 2.45 bits per heavy atom. The molecule has 0 aliphatic heterocycles. The third-order valence-corrected chi connectivity index (χ3v) is 6.41. The van der Waals surface area contributed by atoms with Gasteiger partial charge in [0.25, 0.3) is 6.33 Å². The van der Waals surface area contributed by atoms with Gasteiger partial charge in [-0.25, -0.2) is 4.57 Å². The summed E-state index contributed by atoms with van der Waals surface area (Å²) in [6.07, 6.45) is 1.96. The molecule has 6 aromatic rings. The van der Waals surface area contributed by atoms with Crippen LogP contribution in [0, 0.1) is 6.92 Å². The highest BCUT2D eigenvalue weighted by atomic mass is 15.0. The molecule has 29 heavy (non-hydrogen) atoms. The number of aryl methyl sites for hydroxylation is 2. The van der Waals surface area contributed by atoms with Gasteiger partial charge in [0.1, 0.15) is 5.52 Å². The first kappa shape index (κ1) is 16.7. The topological polar surface area (TPSA) is 21.2 Å². The van der Waals surface area contributed by atoms with Crippen LogP contribution in [0.25, 0.3) is 49.1 Å². The molecule has 0 radical (unpaired) electrons. The van der Waals surface area contributed by atoms with Crippen molar-refractivity contribution in [2.75, 3.05) is 0 Å². The molecule has 0 spiro atoms. The Morgan fingerprint density at radius 1 is 0.897 bits per heavy atom.